The van der Waals surface area contributed by atoms with Crippen molar-refractivity contribution in [2.24, 2.45) is 0 Å². The van der Waals surface area contributed by atoms with Crippen LogP contribution in [0.1, 0.15) is 37.3 Å². The Kier molecular flexibility index (Phi) is 4.11. The highest BCUT2D eigenvalue weighted by Gasteiger charge is 2.29. The third-order valence-corrected chi connectivity index (χ3v) is 4.94. The number of hydrogen-bond donors (Lipinski definition) is 1. The van der Waals surface area contributed by atoms with Gasteiger partial charge >= 0.3 is 0 Å². The molecule has 0 amide bonds. The van der Waals surface area contributed by atoms with E-state index in [0.717, 1.165) is 24.0 Å². The lowest BCUT2D eigenvalue weighted by molar-refractivity contribution is 0.250. The van der Waals surface area contributed by atoms with Gasteiger partial charge in [-0.05, 0) is 42.9 Å². The molecule has 2 aliphatic rings. The summed E-state index contributed by atoms with van der Waals surface area (Å²) in [6.07, 6.45) is 5.05. The van der Waals surface area contributed by atoms with Gasteiger partial charge in [0, 0.05) is 36.7 Å². The maximum Gasteiger partial charge on any atom is 0.0453 e. The standard InChI is InChI=1S/C16H23ClN2/c1-2-12-4-3-5-16(17)15(12)11-19-9-8-13-6-7-14(10-19)18-13/h3-5,13-14,18H,2,6-11H2,1H3. The molecule has 1 aromatic rings. The molecule has 0 saturated carbocycles. The van der Waals surface area contributed by atoms with Crippen molar-refractivity contribution in [2.75, 3.05) is 13.1 Å². The first-order valence-electron chi connectivity index (χ1n) is 7.51. The topological polar surface area (TPSA) is 15.3 Å². The minimum Gasteiger partial charge on any atom is -0.310 e. The Morgan fingerprint density at radius 3 is 2.95 bits per heavy atom. The molecular formula is C16H23ClN2. The quantitative estimate of drug-likeness (QED) is 0.913. The third-order valence-electron chi connectivity index (χ3n) is 4.59. The molecule has 104 valence electrons. The van der Waals surface area contributed by atoms with Crippen LogP contribution in [0.25, 0.3) is 0 Å². The molecule has 2 unspecified atom stereocenters. The average molecular weight is 279 g/mol. The number of aryl methyl sites for hydroxylation is 1. The van der Waals surface area contributed by atoms with Crippen molar-refractivity contribution in [2.45, 2.75) is 51.2 Å². The summed E-state index contributed by atoms with van der Waals surface area (Å²) in [7, 11) is 0. The number of nitrogens with zero attached hydrogens (tertiary/aromatic N) is 1. The van der Waals surface area contributed by atoms with Crippen LogP contribution in [-0.2, 0) is 13.0 Å². The molecule has 2 nitrogen and oxygen atoms in total. The van der Waals surface area contributed by atoms with Crippen LogP contribution in [0, 0.1) is 0 Å². The van der Waals surface area contributed by atoms with E-state index in [0.29, 0.717) is 6.04 Å². The summed E-state index contributed by atoms with van der Waals surface area (Å²) in [5.41, 5.74) is 2.74. The summed E-state index contributed by atoms with van der Waals surface area (Å²) in [6.45, 7) is 5.59. The molecule has 2 fully saturated rings. The molecule has 3 rings (SSSR count). The maximum atomic E-state index is 6.40. The van der Waals surface area contributed by atoms with Gasteiger partial charge in [-0.1, -0.05) is 30.7 Å². The summed E-state index contributed by atoms with van der Waals surface area (Å²) in [5, 5.41) is 4.67. The Labute approximate surface area is 121 Å². The molecule has 0 radical (unpaired) electrons. The van der Waals surface area contributed by atoms with Gasteiger partial charge in [0.15, 0.2) is 0 Å². The van der Waals surface area contributed by atoms with Gasteiger partial charge in [-0.2, -0.15) is 0 Å². The summed E-state index contributed by atoms with van der Waals surface area (Å²) < 4.78 is 0. The minimum atomic E-state index is 0.695. The van der Waals surface area contributed by atoms with E-state index in [1.54, 1.807) is 0 Å². The summed E-state index contributed by atoms with van der Waals surface area (Å²) >= 11 is 6.40. The van der Waals surface area contributed by atoms with E-state index in [1.165, 1.54) is 43.5 Å². The zero-order valence-electron chi connectivity index (χ0n) is 11.7. The SMILES string of the molecule is CCc1cccc(Cl)c1CN1CCC2CCC(C1)N2. The first-order valence-corrected chi connectivity index (χ1v) is 7.88. The number of fused-ring (bicyclic) bond motifs is 2. The number of hydrogen-bond acceptors (Lipinski definition) is 2. The van der Waals surface area contributed by atoms with Crippen LogP contribution in [0.15, 0.2) is 18.2 Å². The van der Waals surface area contributed by atoms with Crippen LogP contribution < -0.4 is 5.32 Å². The average Bonchev–Trinajstić information content (AvgIpc) is 2.74. The van der Waals surface area contributed by atoms with E-state index >= 15 is 0 Å². The fraction of sp³-hybridized carbons (Fsp3) is 0.625. The van der Waals surface area contributed by atoms with Crippen molar-refractivity contribution < 1.29 is 0 Å². The van der Waals surface area contributed by atoms with Gasteiger partial charge in [0.05, 0.1) is 0 Å². The van der Waals surface area contributed by atoms with Gasteiger partial charge in [-0.15, -0.1) is 0 Å². The number of rotatable bonds is 3. The van der Waals surface area contributed by atoms with Crippen LogP contribution in [0.3, 0.4) is 0 Å². The van der Waals surface area contributed by atoms with Gasteiger partial charge < -0.3 is 5.32 Å². The van der Waals surface area contributed by atoms with E-state index in [1.807, 2.05) is 6.07 Å². The van der Waals surface area contributed by atoms with Gasteiger partial charge in [0.1, 0.15) is 0 Å². The third kappa shape index (κ3) is 2.96. The van der Waals surface area contributed by atoms with Gasteiger partial charge in [0.2, 0.25) is 0 Å². The Morgan fingerprint density at radius 2 is 2.11 bits per heavy atom. The molecule has 3 heteroatoms. The van der Waals surface area contributed by atoms with E-state index < -0.39 is 0 Å². The monoisotopic (exact) mass is 278 g/mol. The van der Waals surface area contributed by atoms with Crippen molar-refractivity contribution in [3.8, 4) is 0 Å². The maximum absolute atomic E-state index is 6.40. The fourth-order valence-electron chi connectivity index (χ4n) is 3.49. The van der Waals surface area contributed by atoms with Crippen molar-refractivity contribution in [1.82, 2.24) is 10.2 Å². The van der Waals surface area contributed by atoms with E-state index in [-0.39, 0.29) is 0 Å². The molecule has 2 atom stereocenters. The lowest BCUT2D eigenvalue weighted by Gasteiger charge is -2.25. The summed E-state index contributed by atoms with van der Waals surface area (Å²) in [4.78, 5) is 2.58. The first kappa shape index (κ1) is 13.4. The van der Waals surface area contributed by atoms with Crippen LogP contribution in [0.4, 0.5) is 0 Å². The Bertz CT molecular complexity index is 446. The van der Waals surface area contributed by atoms with Gasteiger partial charge in [0.25, 0.3) is 0 Å². The van der Waals surface area contributed by atoms with Crippen LogP contribution in [0.5, 0.6) is 0 Å². The fourth-order valence-corrected chi connectivity index (χ4v) is 3.75. The second kappa shape index (κ2) is 5.82. The zero-order chi connectivity index (χ0) is 13.2. The summed E-state index contributed by atoms with van der Waals surface area (Å²) in [6, 6.07) is 7.75. The zero-order valence-corrected chi connectivity index (χ0v) is 12.4. The van der Waals surface area contributed by atoms with Crippen molar-refractivity contribution >= 4 is 11.6 Å². The largest absolute Gasteiger partial charge is 0.310 e. The Morgan fingerprint density at radius 1 is 1.26 bits per heavy atom. The molecule has 2 bridgehead atoms. The molecular weight excluding hydrogens is 256 g/mol. The second-order valence-electron chi connectivity index (χ2n) is 5.89. The normalized spacial score (nSPS) is 27.5. The number of nitrogens with one attached hydrogen (secondary N) is 1. The molecule has 0 aromatic heterocycles. The lowest BCUT2D eigenvalue weighted by atomic mass is 10.0. The van der Waals surface area contributed by atoms with Gasteiger partial charge in [-0.3, -0.25) is 4.90 Å². The van der Waals surface area contributed by atoms with E-state index in [9.17, 15) is 0 Å². The van der Waals surface area contributed by atoms with Crippen LogP contribution in [0.2, 0.25) is 5.02 Å². The predicted molar refractivity (Wildman–Crippen MR) is 80.7 cm³/mol. The highest BCUT2D eigenvalue weighted by atomic mass is 35.5. The number of benzene rings is 1. The molecule has 2 saturated heterocycles. The molecule has 0 spiro atoms. The smallest absolute Gasteiger partial charge is 0.0453 e. The lowest BCUT2D eigenvalue weighted by Crippen LogP contribution is -2.35. The minimum absolute atomic E-state index is 0.695. The molecule has 1 aromatic carbocycles. The van der Waals surface area contributed by atoms with E-state index in [2.05, 4.69) is 29.3 Å². The van der Waals surface area contributed by atoms with E-state index in [4.69, 9.17) is 11.6 Å². The van der Waals surface area contributed by atoms with Crippen molar-refractivity contribution in [1.29, 1.82) is 0 Å². The van der Waals surface area contributed by atoms with Crippen LogP contribution in [-0.4, -0.2) is 30.1 Å². The number of halogens is 1. The van der Waals surface area contributed by atoms with Crippen molar-refractivity contribution in [3.63, 3.8) is 0 Å². The van der Waals surface area contributed by atoms with Crippen LogP contribution >= 0.6 is 11.6 Å². The first-order chi connectivity index (χ1) is 9.26. The highest BCUT2D eigenvalue weighted by Crippen LogP contribution is 2.26. The molecule has 0 aliphatic carbocycles. The molecule has 2 aliphatic heterocycles. The van der Waals surface area contributed by atoms with Crippen molar-refractivity contribution in [3.05, 3.63) is 34.3 Å². The predicted octanol–water partition coefficient (Wildman–Crippen LogP) is 3.23. The van der Waals surface area contributed by atoms with Gasteiger partial charge in [-0.25, -0.2) is 0 Å². The Hall–Kier alpha value is -0.570. The number of likely N-dealkylation sites (tertiary alicyclic amines) is 1. The summed E-state index contributed by atoms with van der Waals surface area (Å²) in [5.74, 6) is 0. The molecule has 1 N–H and O–H groups in total. The Balaban J connectivity index is 1.74. The second-order valence-corrected chi connectivity index (χ2v) is 6.30. The molecule has 2 heterocycles. The molecule has 19 heavy (non-hydrogen) atoms. The highest BCUT2D eigenvalue weighted by molar-refractivity contribution is 6.31.